The second kappa shape index (κ2) is 19.8. The first-order valence-corrected chi connectivity index (χ1v) is 9.22. The highest BCUT2D eigenvalue weighted by Gasteiger charge is 2.01. The molecule has 0 bridgehead atoms. The molecule has 25 heavy (non-hydrogen) atoms. The monoisotopic (exact) mass is 348 g/mol. The lowest BCUT2D eigenvalue weighted by Crippen LogP contribution is -1.86. The van der Waals surface area contributed by atoms with Gasteiger partial charge in [0.1, 0.15) is 23.5 Å². The minimum absolute atomic E-state index is 0.244. The van der Waals surface area contributed by atoms with E-state index in [2.05, 4.69) is 0 Å². The Morgan fingerprint density at radius 1 is 0.760 bits per heavy atom. The van der Waals surface area contributed by atoms with Crippen LogP contribution in [0.4, 0.5) is 0 Å². The predicted molar refractivity (Wildman–Crippen MR) is 110 cm³/mol. The number of aryl methyl sites for hydroxylation is 1. The largest absolute Gasteiger partial charge is 0.508 e. The van der Waals surface area contributed by atoms with Crippen LogP contribution in [0.15, 0.2) is 42.5 Å². The molecular weight excluding hydrogens is 312 g/mol. The van der Waals surface area contributed by atoms with Crippen molar-refractivity contribution in [1.29, 1.82) is 0 Å². The van der Waals surface area contributed by atoms with E-state index < -0.39 is 0 Å². The summed E-state index contributed by atoms with van der Waals surface area (Å²) in [6.45, 7) is 17.8. The van der Waals surface area contributed by atoms with Crippen LogP contribution in [0, 0.1) is 6.92 Å². The minimum atomic E-state index is 0.244. The fourth-order valence-corrected chi connectivity index (χ4v) is 1.44. The Bertz CT molecular complexity index is 531. The van der Waals surface area contributed by atoms with Crippen molar-refractivity contribution in [2.24, 2.45) is 0 Å². The number of carbonyl (C=O) groups excluding carboxylic acids is 1. The molecule has 0 heterocycles. The van der Waals surface area contributed by atoms with E-state index in [0.717, 1.165) is 11.8 Å². The van der Waals surface area contributed by atoms with Gasteiger partial charge in [0.05, 0.1) is 0 Å². The Morgan fingerprint density at radius 3 is 1.60 bits per heavy atom. The normalized spacial score (nSPS) is 7.72. The zero-order valence-corrected chi connectivity index (χ0v) is 17.4. The SMILES string of the molecule is CC.CC.CC.CC.Cc1cc(Oc2ccc(C=O)cc2)ccc1O. The smallest absolute Gasteiger partial charge is 0.150 e. The van der Waals surface area contributed by atoms with Crippen LogP contribution in [-0.2, 0) is 0 Å². The maximum atomic E-state index is 10.5. The fraction of sp³-hybridized carbons (Fsp3) is 0.409. The van der Waals surface area contributed by atoms with E-state index in [-0.39, 0.29) is 5.75 Å². The van der Waals surface area contributed by atoms with Crippen LogP contribution in [0.2, 0.25) is 0 Å². The van der Waals surface area contributed by atoms with Gasteiger partial charge in [-0.3, -0.25) is 4.79 Å². The topological polar surface area (TPSA) is 46.5 Å². The molecule has 2 aromatic carbocycles. The lowest BCUT2D eigenvalue weighted by molar-refractivity contribution is 0.112. The number of benzene rings is 2. The number of rotatable bonds is 3. The first-order valence-electron chi connectivity index (χ1n) is 9.22. The van der Waals surface area contributed by atoms with Crippen LogP contribution in [0.3, 0.4) is 0 Å². The molecule has 2 rings (SSSR count). The van der Waals surface area contributed by atoms with Crippen molar-refractivity contribution >= 4 is 6.29 Å². The van der Waals surface area contributed by atoms with Crippen molar-refractivity contribution in [3.8, 4) is 17.2 Å². The van der Waals surface area contributed by atoms with Gasteiger partial charge in [-0.1, -0.05) is 55.4 Å². The van der Waals surface area contributed by atoms with Gasteiger partial charge in [0, 0.05) is 5.56 Å². The summed E-state index contributed by atoms with van der Waals surface area (Å²) in [6.07, 6.45) is 0.786. The van der Waals surface area contributed by atoms with E-state index in [1.165, 1.54) is 0 Å². The third-order valence-corrected chi connectivity index (χ3v) is 2.42. The fourth-order valence-electron chi connectivity index (χ4n) is 1.44. The summed E-state index contributed by atoms with van der Waals surface area (Å²) in [5.41, 5.74) is 1.37. The molecule has 0 radical (unpaired) electrons. The van der Waals surface area contributed by atoms with Gasteiger partial charge in [0.2, 0.25) is 0 Å². The van der Waals surface area contributed by atoms with Crippen LogP contribution < -0.4 is 4.74 Å². The summed E-state index contributed by atoms with van der Waals surface area (Å²) in [4.78, 5) is 10.5. The lowest BCUT2D eigenvalue weighted by atomic mass is 10.2. The molecule has 0 aliphatic heterocycles. The third-order valence-electron chi connectivity index (χ3n) is 2.42. The standard InChI is InChI=1S/C14H12O3.4C2H6/c1-10-8-13(6-7-14(10)16)17-12-4-2-11(9-15)3-5-12;4*1-2/h2-9,16H,1H3;4*1-2H3. The van der Waals surface area contributed by atoms with Crippen molar-refractivity contribution in [3.05, 3.63) is 53.6 Å². The molecule has 0 spiro atoms. The lowest BCUT2D eigenvalue weighted by Gasteiger charge is -2.07. The molecule has 142 valence electrons. The zero-order valence-electron chi connectivity index (χ0n) is 17.4. The van der Waals surface area contributed by atoms with E-state index in [0.29, 0.717) is 17.1 Å². The highest BCUT2D eigenvalue weighted by atomic mass is 16.5. The summed E-state index contributed by atoms with van der Waals surface area (Å²) < 4.78 is 5.59. The highest BCUT2D eigenvalue weighted by Crippen LogP contribution is 2.26. The van der Waals surface area contributed by atoms with Gasteiger partial charge in [-0.25, -0.2) is 0 Å². The molecule has 0 saturated carbocycles. The average Bonchev–Trinajstić information content (AvgIpc) is 2.71. The van der Waals surface area contributed by atoms with Crippen molar-refractivity contribution in [2.75, 3.05) is 0 Å². The summed E-state index contributed by atoms with van der Waals surface area (Å²) in [5.74, 6) is 1.55. The molecule has 0 atom stereocenters. The summed E-state index contributed by atoms with van der Waals surface area (Å²) in [6, 6.07) is 11.9. The predicted octanol–water partition coefficient (Wildman–Crippen LogP) is 7.41. The van der Waals surface area contributed by atoms with Crippen molar-refractivity contribution in [2.45, 2.75) is 62.3 Å². The Balaban J connectivity index is -0.000000533. The summed E-state index contributed by atoms with van der Waals surface area (Å²) in [5, 5.41) is 9.38. The summed E-state index contributed by atoms with van der Waals surface area (Å²) >= 11 is 0. The van der Waals surface area contributed by atoms with Crippen LogP contribution >= 0.6 is 0 Å². The molecule has 2 aromatic rings. The van der Waals surface area contributed by atoms with E-state index in [4.69, 9.17) is 4.74 Å². The van der Waals surface area contributed by atoms with Gasteiger partial charge < -0.3 is 9.84 Å². The number of ether oxygens (including phenoxy) is 1. The number of phenols is 1. The molecule has 1 N–H and O–H groups in total. The van der Waals surface area contributed by atoms with E-state index in [1.807, 2.05) is 55.4 Å². The Hall–Kier alpha value is -2.29. The molecule has 0 saturated heterocycles. The van der Waals surface area contributed by atoms with Gasteiger partial charge in [0.25, 0.3) is 0 Å². The number of aromatic hydroxyl groups is 1. The second-order valence-corrected chi connectivity index (χ2v) is 3.74. The molecule has 3 heteroatoms. The maximum Gasteiger partial charge on any atom is 0.150 e. The Labute approximate surface area is 154 Å². The number of hydrogen-bond acceptors (Lipinski definition) is 3. The molecule has 0 aromatic heterocycles. The van der Waals surface area contributed by atoms with Crippen LogP contribution in [0.5, 0.6) is 17.2 Å². The van der Waals surface area contributed by atoms with Gasteiger partial charge in [-0.2, -0.15) is 0 Å². The molecule has 0 unspecified atom stereocenters. The molecule has 3 nitrogen and oxygen atoms in total. The first-order chi connectivity index (χ1) is 12.2. The number of aldehydes is 1. The molecule has 0 aliphatic rings. The Morgan fingerprint density at radius 2 is 1.20 bits per heavy atom. The van der Waals surface area contributed by atoms with Crippen LogP contribution in [0.25, 0.3) is 0 Å². The van der Waals surface area contributed by atoms with E-state index in [9.17, 15) is 9.90 Å². The van der Waals surface area contributed by atoms with Crippen molar-refractivity contribution < 1.29 is 14.6 Å². The number of carbonyl (C=O) groups is 1. The molecular formula is C22H36O3. The minimum Gasteiger partial charge on any atom is -0.508 e. The quantitative estimate of drug-likeness (QED) is 0.587. The van der Waals surface area contributed by atoms with Crippen LogP contribution in [0.1, 0.15) is 71.3 Å². The van der Waals surface area contributed by atoms with Crippen LogP contribution in [-0.4, -0.2) is 11.4 Å². The van der Waals surface area contributed by atoms with E-state index in [1.54, 1.807) is 49.4 Å². The molecule has 0 amide bonds. The molecule has 0 fully saturated rings. The van der Waals surface area contributed by atoms with Gasteiger partial charge in [-0.05, 0) is 55.0 Å². The van der Waals surface area contributed by atoms with Crippen molar-refractivity contribution in [1.82, 2.24) is 0 Å². The highest BCUT2D eigenvalue weighted by molar-refractivity contribution is 5.74. The second-order valence-electron chi connectivity index (χ2n) is 3.74. The third kappa shape index (κ3) is 11.8. The van der Waals surface area contributed by atoms with Gasteiger partial charge in [0.15, 0.2) is 0 Å². The first kappa shape index (κ1) is 27.6. The van der Waals surface area contributed by atoms with Gasteiger partial charge >= 0.3 is 0 Å². The van der Waals surface area contributed by atoms with E-state index >= 15 is 0 Å². The summed E-state index contributed by atoms with van der Waals surface area (Å²) in [7, 11) is 0. The van der Waals surface area contributed by atoms with Crippen molar-refractivity contribution in [3.63, 3.8) is 0 Å². The number of hydrogen-bond donors (Lipinski definition) is 1. The average molecular weight is 349 g/mol. The van der Waals surface area contributed by atoms with Gasteiger partial charge in [-0.15, -0.1) is 0 Å². The number of phenolic OH excluding ortho intramolecular Hbond substituents is 1. The Kier molecular flexibility index (Phi) is 21.8. The zero-order chi connectivity index (χ0) is 20.3. The maximum absolute atomic E-state index is 10.5. The molecule has 0 aliphatic carbocycles.